The number of nitrogens with two attached hydrogens (primary N) is 1. The maximum atomic E-state index is 11.2. The number of nitrogen functional groups attached to an aromatic ring is 1. The quantitative estimate of drug-likeness (QED) is 0.368. The largest absolute Gasteiger partial charge is 0.399 e. The van der Waals surface area contributed by atoms with Gasteiger partial charge in [0.2, 0.25) is 20.0 Å². The molecule has 0 aliphatic carbocycles. The van der Waals surface area contributed by atoms with Crippen LogP contribution in [0.2, 0.25) is 0 Å². The van der Waals surface area contributed by atoms with E-state index in [1.165, 1.54) is 38.4 Å². The molecule has 2 aromatic rings. The van der Waals surface area contributed by atoms with Gasteiger partial charge in [-0.15, -0.1) is 0 Å². The Labute approximate surface area is 166 Å². The third-order valence-electron chi connectivity index (χ3n) is 3.09. The van der Waals surface area contributed by atoms with Crippen LogP contribution in [0.15, 0.2) is 58.3 Å². The molecule has 0 saturated heterocycles. The molecule has 0 aliphatic heterocycles. The predicted octanol–water partition coefficient (Wildman–Crippen LogP) is 1.95. The van der Waals surface area contributed by atoms with Gasteiger partial charge in [-0.2, -0.15) is 0 Å². The van der Waals surface area contributed by atoms with Crippen molar-refractivity contribution in [2.75, 3.05) is 19.8 Å². The smallest absolute Gasteiger partial charge is 0.269 e. The van der Waals surface area contributed by atoms with Crippen LogP contribution in [0.4, 0.5) is 11.4 Å². The standard InChI is InChI=1S/C7H8N2O4S.C7H10N2O2S.2CH4/c1-8-14(12,13)7-4-2-6(3-5-7)9(10)11;1-9-12(10,11)7-4-2-6(8)3-5-7;;/h2-5,8H,1H3;2-5,9H,8H2,1H3;2*1H4. The van der Waals surface area contributed by atoms with Crippen molar-refractivity contribution in [1.82, 2.24) is 9.44 Å². The van der Waals surface area contributed by atoms with E-state index in [9.17, 15) is 26.9 Å². The van der Waals surface area contributed by atoms with Gasteiger partial charge >= 0.3 is 0 Å². The third kappa shape index (κ3) is 7.60. The molecule has 12 heteroatoms. The van der Waals surface area contributed by atoms with E-state index in [1.807, 2.05) is 0 Å². The maximum absolute atomic E-state index is 11.2. The summed E-state index contributed by atoms with van der Waals surface area (Å²) < 4.78 is 49.0. The van der Waals surface area contributed by atoms with Gasteiger partial charge in [0.25, 0.3) is 5.69 Å². The molecule has 10 nitrogen and oxygen atoms in total. The second-order valence-electron chi connectivity index (χ2n) is 4.74. The number of anilines is 1. The zero-order valence-electron chi connectivity index (χ0n) is 13.9. The van der Waals surface area contributed by atoms with Crippen LogP contribution in [-0.2, 0) is 20.0 Å². The molecular formula is C16H26N4O6S2. The van der Waals surface area contributed by atoms with Crippen molar-refractivity contribution in [1.29, 1.82) is 0 Å². The van der Waals surface area contributed by atoms with Gasteiger partial charge in [0, 0.05) is 17.8 Å². The SMILES string of the molecule is C.C.CNS(=O)(=O)c1ccc(N)cc1.CNS(=O)(=O)c1ccc([N+](=O)[O-])cc1. The minimum Gasteiger partial charge on any atom is -0.399 e. The van der Waals surface area contributed by atoms with Crippen molar-refractivity contribution in [3.63, 3.8) is 0 Å². The minimum absolute atomic E-state index is 0. The summed E-state index contributed by atoms with van der Waals surface area (Å²) >= 11 is 0. The monoisotopic (exact) mass is 434 g/mol. The Morgan fingerprint density at radius 1 is 0.786 bits per heavy atom. The molecule has 2 rings (SSSR count). The van der Waals surface area contributed by atoms with E-state index in [-0.39, 0.29) is 30.3 Å². The van der Waals surface area contributed by atoms with Crippen LogP contribution >= 0.6 is 0 Å². The van der Waals surface area contributed by atoms with Crippen LogP contribution in [0.1, 0.15) is 14.9 Å². The van der Waals surface area contributed by atoms with Gasteiger partial charge in [0.1, 0.15) is 0 Å². The number of sulfonamides is 2. The van der Waals surface area contributed by atoms with Crippen LogP contribution in [0.25, 0.3) is 0 Å². The molecule has 0 aromatic heterocycles. The Morgan fingerprint density at radius 3 is 1.39 bits per heavy atom. The number of non-ortho nitro benzene ring substituents is 1. The van der Waals surface area contributed by atoms with E-state index in [1.54, 1.807) is 12.1 Å². The third-order valence-corrected chi connectivity index (χ3v) is 5.95. The lowest BCUT2D eigenvalue weighted by Crippen LogP contribution is -2.18. The van der Waals surface area contributed by atoms with Gasteiger partial charge in [-0.05, 0) is 50.5 Å². The average Bonchev–Trinajstić information content (AvgIpc) is 2.62. The fraction of sp³-hybridized carbons (Fsp3) is 0.250. The number of rotatable bonds is 5. The van der Waals surface area contributed by atoms with Crippen molar-refractivity contribution in [2.45, 2.75) is 24.6 Å². The Bertz CT molecular complexity index is 957. The van der Waals surface area contributed by atoms with Crippen LogP contribution in [0, 0.1) is 10.1 Å². The molecule has 0 amide bonds. The highest BCUT2D eigenvalue weighted by molar-refractivity contribution is 7.89. The van der Waals surface area contributed by atoms with Crippen molar-refractivity contribution >= 4 is 31.4 Å². The first-order valence-corrected chi connectivity index (χ1v) is 9.97. The first-order chi connectivity index (χ1) is 12.0. The summed E-state index contributed by atoms with van der Waals surface area (Å²) in [5, 5.41) is 10.3. The van der Waals surface area contributed by atoms with Gasteiger partial charge in [0.05, 0.1) is 14.7 Å². The van der Waals surface area contributed by atoms with Gasteiger partial charge in [-0.25, -0.2) is 26.3 Å². The fourth-order valence-electron chi connectivity index (χ4n) is 1.63. The molecule has 158 valence electrons. The topological polar surface area (TPSA) is 162 Å². The first kappa shape index (κ1) is 27.7. The van der Waals surface area contributed by atoms with E-state index in [0.29, 0.717) is 5.69 Å². The molecule has 0 aliphatic rings. The first-order valence-electron chi connectivity index (χ1n) is 7.00. The van der Waals surface area contributed by atoms with Crippen LogP contribution in [0.5, 0.6) is 0 Å². The fourth-order valence-corrected chi connectivity index (χ4v) is 3.09. The number of nitrogens with one attached hydrogen (secondary N) is 2. The molecule has 28 heavy (non-hydrogen) atoms. The van der Waals surface area contributed by atoms with Crippen molar-refractivity contribution in [3.8, 4) is 0 Å². The molecule has 0 heterocycles. The summed E-state index contributed by atoms with van der Waals surface area (Å²) in [6, 6.07) is 10.7. The number of hydrogen-bond donors (Lipinski definition) is 3. The molecule has 0 spiro atoms. The number of hydrogen-bond acceptors (Lipinski definition) is 7. The van der Waals surface area contributed by atoms with Crippen LogP contribution in [-0.4, -0.2) is 35.9 Å². The summed E-state index contributed by atoms with van der Waals surface area (Å²) in [4.78, 5) is 9.91. The zero-order valence-corrected chi connectivity index (χ0v) is 15.5. The molecule has 0 atom stereocenters. The number of nitro benzene ring substituents is 1. The minimum atomic E-state index is -3.51. The summed E-state index contributed by atoms with van der Waals surface area (Å²) in [5.74, 6) is 0. The molecule has 0 bridgehead atoms. The van der Waals surface area contributed by atoms with E-state index in [2.05, 4.69) is 9.44 Å². The Morgan fingerprint density at radius 2 is 1.11 bits per heavy atom. The molecule has 4 N–H and O–H groups in total. The van der Waals surface area contributed by atoms with E-state index < -0.39 is 25.0 Å². The highest BCUT2D eigenvalue weighted by atomic mass is 32.2. The predicted molar refractivity (Wildman–Crippen MR) is 110 cm³/mol. The lowest BCUT2D eigenvalue weighted by molar-refractivity contribution is -0.384. The van der Waals surface area contributed by atoms with Crippen molar-refractivity contribution in [2.24, 2.45) is 0 Å². The van der Waals surface area contributed by atoms with E-state index >= 15 is 0 Å². The van der Waals surface area contributed by atoms with Crippen LogP contribution in [0.3, 0.4) is 0 Å². The average molecular weight is 435 g/mol. The summed E-state index contributed by atoms with van der Waals surface area (Å²) in [6.45, 7) is 0. The maximum Gasteiger partial charge on any atom is 0.269 e. The molecule has 0 radical (unpaired) electrons. The Hall–Kier alpha value is -2.54. The Kier molecular flexibility index (Phi) is 11.2. The number of nitrogens with zero attached hydrogens (tertiary/aromatic N) is 1. The summed E-state index contributed by atoms with van der Waals surface area (Å²) in [6.07, 6.45) is 0. The molecule has 2 aromatic carbocycles. The molecule has 0 saturated carbocycles. The van der Waals surface area contributed by atoms with Crippen molar-refractivity contribution in [3.05, 3.63) is 58.6 Å². The molecular weight excluding hydrogens is 408 g/mol. The van der Waals surface area contributed by atoms with Gasteiger partial charge in [-0.3, -0.25) is 10.1 Å². The van der Waals surface area contributed by atoms with E-state index in [0.717, 1.165) is 12.1 Å². The lowest BCUT2D eigenvalue weighted by atomic mass is 10.3. The molecule has 0 fully saturated rings. The number of benzene rings is 2. The van der Waals surface area contributed by atoms with Gasteiger partial charge < -0.3 is 5.73 Å². The zero-order chi connectivity index (χ0) is 20.0. The van der Waals surface area contributed by atoms with Crippen molar-refractivity contribution < 1.29 is 21.8 Å². The van der Waals surface area contributed by atoms with Crippen LogP contribution < -0.4 is 15.2 Å². The lowest BCUT2D eigenvalue weighted by Gasteiger charge is -2.01. The highest BCUT2D eigenvalue weighted by Gasteiger charge is 2.13. The molecule has 0 unspecified atom stereocenters. The second-order valence-corrected chi connectivity index (χ2v) is 8.51. The van der Waals surface area contributed by atoms with E-state index in [4.69, 9.17) is 5.73 Å². The normalized spacial score (nSPS) is 10.5. The number of nitro groups is 1. The summed E-state index contributed by atoms with van der Waals surface area (Å²) in [5.41, 5.74) is 5.80. The highest BCUT2D eigenvalue weighted by Crippen LogP contribution is 2.15. The van der Waals surface area contributed by atoms with Gasteiger partial charge in [-0.1, -0.05) is 14.9 Å². The Balaban J connectivity index is 0. The van der Waals surface area contributed by atoms with Gasteiger partial charge in [0.15, 0.2) is 0 Å². The summed E-state index contributed by atoms with van der Waals surface area (Å²) in [7, 11) is -4.19. The second kappa shape index (κ2) is 11.3.